The molecule has 1 aliphatic rings. The number of aryl methyl sites for hydroxylation is 1. The molecule has 0 N–H and O–H groups in total. The van der Waals surface area contributed by atoms with E-state index in [0.29, 0.717) is 0 Å². The van der Waals surface area contributed by atoms with Crippen molar-refractivity contribution in [1.82, 2.24) is 9.96 Å². The Hall–Kier alpha value is -1.78. The molecule has 0 fully saturated rings. The molecule has 1 atom stereocenters. The van der Waals surface area contributed by atoms with Crippen molar-refractivity contribution in [2.75, 3.05) is 27.8 Å². The zero-order valence-electron chi connectivity index (χ0n) is 13.2. The van der Waals surface area contributed by atoms with E-state index in [1.807, 2.05) is 17.3 Å². The Morgan fingerprint density at radius 3 is 2.67 bits per heavy atom. The Balaban J connectivity index is 2.04. The summed E-state index contributed by atoms with van der Waals surface area (Å²) in [4.78, 5) is 7.70. The third-order valence-corrected chi connectivity index (χ3v) is 3.85. The molecule has 0 bridgehead atoms. The number of allylic oxidation sites excluding steroid dienone is 1. The Morgan fingerprint density at radius 1 is 1.24 bits per heavy atom. The second-order valence-corrected chi connectivity index (χ2v) is 5.25. The van der Waals surface area contributed by atoms with Crippen LogP contribution in [0.3, 0.4) is 0 Å². The van der Waals surface area contributed by atoms with E-state index in [-0.39, 0.29) is 6.04 Å². The molecule has 1 aliphatic heterocycles. The zero-order valence-corrected chi connectivity index (χ0v) is 13.2. The lowest BCUT2D eigenvalue weighted by molar-refractivity contribution is -0.145. The van der Waals surface area contributed by atoms with Crippen LogP contribution >= 0.6 is 0 Å². The van der Waals surface area contributed by atoms with E-state index >= 15 is 0 Å². The van der Waals surface area contributed by atoms with Gasteiger partial charge in [-0.15, -0.1) is 0 Å². The smallest absolute Gasteiger partial charge is 0.118 e. The molecule has 1 heterocycles. The van der Waals surface area contributed by atoms with Crippen molar-refractivity contribution in [2.24, 2.45) is 0 Å². The van der Waals surface area contributed by atoms with E-state index in [4.69, 9.17) is 9.57 Å². The predicted octanol–water partition coefficient (Wildman–Crippen LogP) is 2.72. The van der Waals surface area contributed by atoms with Crippen LogP contribution in [0, 0.1) is 6.92 Å². The van der Waals surface area contributed by atoms with E-state index in [0.717, 1.165) is 18.8 Å². The van der Waals surface area contributed by atoms with Crippen LogP contribution in [0.5, 0.6) is 0 Å². The SMILES string of the molecule is COC1=CC(CN(Cc2ccccc2C)OC)N(C)C=C1. The third-order valence-electron chi connectivity index (χ3n) is 3.85. The van der Waals surface area contributed by atoms with Crippen LogP contribution in [0.15, 0.2) is 48.4 Å². The predicted molar refractivity (Wildman–Crippen MR) is 84.4 cm³/mol. The summed E-state index contributed by atoms with van der Waals surface area (Å²) in [6, 6.07) is 8.62. The summed E-state index contributed by atoms with van der Waals surface area (Å²) in [5.41, 5.74) is 2.56. The molecule has 0 amide bonds. The van der Waals surface area contributed by atoms with Crippen LogP contribution < -0.4 is 0 Å². The van der Waals surface area contributed by atoms with Crippen molar-refractivity contribution in [3.8, 4) is 0 Å². The summed E-state index contributed by atoms with van der Waals surface area (Å²) >= 11 is 0. The van der Waals surface area contributed by atoms with Gasteiger partial charge >= 0.3 is 0 Å². The summed E-state index contributed by atoms with van der Waals surface area (Å²) in [7, 11) is 5.48. The standard InChI is InChI=1S/C17H24N2O2/c1-14-7-5-6-8-15(14)12-19(21-4)13-16-11-17(20-3)9-10-18(16)2/h5-11,16H,12-13H2,1-4H3. The maximum atomic E-state index is 5.54. The van der Waals surface area contributed by atoms with Gasteiger partial charge in [0.15, 0.2) is 0 Å². The van der Waals surface area contributed by atoms with Gasteiger partial charge in [-0.25, -0.2) is 0 Å². The van der Waals surface area contributed by atoms with E-state index < -0.39 is 0 Å². The number of benzene rings is 1. The summed E-state index contributed by atoms with van der Waals surface area (Å²) in [5.74, 6) is 0.894. The number of nitrogens with zero attached hydrogens (tertiary/aromatic N) is 2. The van der Waals surface area contributed by atoms with E-state index in [9.17, 15) is 0 Å². The van der Waals surface area contributed by atoms with Crippen LogP contribution in [0.4, 0.5) is 0 Å². The van der Waals surface area contributed by atoms with Gasteiger partial charge in [-0.3, -0.25) is 0 Å². The maximum absolute atomic E-state index is 5.54. The molecule has 0 aromatic heterocycles. The second kappa shape index (κ2) is 7.29. The molecule has 2 rings (SSSR count). The Labute approximate surface area is 127 Å². The Kier molecular flexibility index (Phi) is 5.42. The molecule has 4 nitrogen and oxygen atoms in total. The number of hydrogen-bond acceptors (Lipinski definition) is 4. The third kappa shape index (κ3) is 4.09. The number of rotatable bonds is 6. The highest BCUT2D eigenvalue weighted by Crippen LogP contribution is 2.16. The van der Waals surface area contributed by atoms with Crippen molar-refractivity contribution in [3.05, 3.63) is 59.5 Å². The van der Waals surface area contributed by atoms with Gasteiger partial charge in [-0.1, -0.05) is 24.3 Å². The van der Waals surface area contributed by atoms with Crippen LogP contribution in [-0.2, 0) is 16.1 Å². The zero-order chi connectivity index (χ0) is 15.2. The minimum atomic E-state index is 0.230. The van der Waals surface area contributed by atoms with Gasteiger partial charge in [0.05, 0.1) is 20.3 Å². The van der Waals surface area contributed by atoms with Crippen molar-refractivity contribution in [3.63, 3.8) is 0 Å². The van der Waals surface area contributed by atoms with Gasteiger partial charge < -0.3 is 14.5 Å². The number of ether oxygens (including phenoxy) is 1. The van der Waals surface area contributed by atoms with Crippen LogP contribution in [0.2, 0.25) is 0 Å². The van der Waals surface area contributed by atoms with Crippen molar-refractivity contribution >= 4 is 0 Å². The highest BCUT2D eigenvalue weighted by Gasteiger charge is 2.19. The molecule has 0 spiro atoms. The average molecular weight is 288 g/mol. The monoisotopic (exact) mass is 288 g/mol. The molecule has 1 unspecified atom stereocenters. The largest absolute Gasteiger partial charge is 0.497 e. The molecule has 4 heteroatoms. The lowest BCUT2D eigenvalue weighted by Gasteiger charge is -2.32. The fraction of sp³-hybridized carbons (Fsp3) is 0.412. The maximum Gasteiger partial charge on any atom is 0.118 e. The molecular formula is C17H24N2O2. The van der Waals surface area contributed by atoms with Crippen LogP contribution in [0.25, 0.3) is 0 Å². The second-order valence-electron chi connectivity index (χ2n) is 5.25. The number of likely N-dealkylation sites (N-methyl/N-ethyl adjacent to an activating group) is 1. The molecule has 0 saturated carbocycles. The first-order valence-electron chi connectivity index (χ1n) is 7.13. The molecule has 1 aromatic rings. The van der Waals surface area contributed by atoms with Crippen molar-refractivity contribution < 1.29 is 9.57 Å². The first-order valence-corrected chi connectivity index (χ1v) is 7.13. The van der Waals surface area contributed by atoms with E-state index in [1.165, 1.54) is 11.1 Å². The molecule has 114 valence electrons. The molecule has 1 aromatic carbocycles. The summed E-state index contributed by atoms with van der Waals surface area (Å²) in [5, 5.41) is 1.98. The number of hydrogen-bond donors (Lipinski definition) is 0. The Bertz CT molecular complexity index is 525. The highest BCUT2D eigenvalue weighted by atomic mass is 16.7. The van der Waals surface area contributed by atoms with Gasteiger partial charge in [0.2, 0.25) is 0 Å². The first-order chi connectivity index (χ1) is 10.1. The van der Waals surface area contributed by atoms with Crippen molar-refractivity contribution in [1.29, 1.82) is 0 Å². The van der Waals surface area contributed by atoms with Crippen LogP contribution in [0.1, 0.15) is 11.1 Å². The van der Waals surface area contributed by atoms with Crippen LogP contribution in [-0.4, -0.2) is 43.8 Å². The van der Waals surface area contributed by atoms with Gasteiger partial charge in [0.25, 0.3) is 0 Å². The lowest BCUT2D eigenvalue weighted by atomic mass is 10.1. The summed E-state index contributed by atoms with van der Waals surface area (Å²) in [6.45, 7) is 3.67. The van der Waals surface area contributed by atoms with Gasteiger partial charge in [0.1, 0.15) is 5.76 Å². The summed E-state index contributed by atoms with van der Waals surface area (Å²) in [6.07, 6.45) is 6.12. The quantitative estimate of drug-likeness (QED) is 0.752. The normalized spacial score (nSPS) is 18.0. The molecule has 21 heavy (non-hydrogen) atoms. The molecule has 0 saturated heterocycles. The van der Waals surface area contributed by atoms with Crippen molar-refractivity contribution in [2.45, 2.75) is 19.5 Å². The van der Waals surface area contributed by atoms with Gasteiger partial charge in [-0.05, 0) is 30.2 Å². The molecule has 0 radical (unpaired) electrons. The number of hydroxylamine groups is 2. The highest BCUT2D eigenvalue weighted by molar-refractivity contribution is 5.25. The lowest BCUT2D eigenvalue weighted by Crippen LogP contribution is -2.39. The Morgan fingerprint density at radius 2 is 2.00 bits per heavy atom. The summed E-state index contributed by atoms with van der Waals surface area (Å²) < 4.78 is 5.31. The van der Waals surface area contributed by atoms with E-state index in [1.54, 1.807) is 14.2 Å². The van der Waals surface area contributed by atoms with Gasteiger partial charge in [-0.2, -0.15) is 5.06 Å². The molecular weight excluding hydrogens is 264 g/mol. The molecule has 0 aliphatic carbocycles. The topological polar surface area (TPSA) is 24.9 Å². The fourth-order valence-corrected chi connectivity index (χ4v) is 2.37. The van der Waals surface area contributed by atoms with E-state index in [2.05, 4.69) is 49.2 Å². The average Bonchev–Trinajstić information content (AvgIpc) is 2.50. The first kappa shape index (κ1) is 15.6. The minimum Gasteiger partial charge on any atom is -0.497 e. The fourth-order valence-electron chi connectivity index (χ4n) is 2.37. The van der Waals surface area contributed by atoms with Gasteiger partial charge in [0, 0.05) is 26.3 Å². The minimum absolute atomic E-state index is 0.230. The number of methoxy groups -OCH3 is 1.